The number of benzene rings is 1. The maximum Gasteiger partial charge on any atom is 0.343 e. The second-order valence-electron chi connectivity index (χ2n) is 8.62. The van der Waals surface area contributed by atoms with E-state index in [0.29, 0.717) is 46.8 Å². The molecule has 0 fully saturated rings. The highest BCUT2D eigenvalue weighted by Crippen LogP contribution is 2.38. The number of cyclic esters (lactones) is 1. The molecule has 35 heavy (non-hydrogen) atoms. The van der Waals surface area contributed by atoms with E-state index in [9.17, 15) is 19.5 Å². The first-order chi connectivity index (χ1) is 16.8. The van der Waals surface area contributed by atoms with Crippen LogP contribution >= 0.6 is 0 Å². The SMILES string of the molecule is CCN/C(=C\C(=O)OC)c1ccc2nc3c(cc2c1)Cn1c-3cc2c(c1=O)COC(=O)[C@]2(O)CC. The minimum absolute atomic E-state index is 0.0930. The number of pyridine rings is 2. The summed E-state index contributed by atoms with van der Waals surface area (Å²) >= 11 is 0. The Morgan fingerprint density at radius 1 is 1.29 bits per heavy atom. The lowest BCUT2D eigenvalue weighted by atomic mass is 9.86. The number of carbonyl (C=O) groups is 2. The summed E-state index contributed by atoms with van der Waals surface area (Å²) in [5, 5.41) is 15.0. The van der Waals surface area contributed by atoms with E-state index in [1.54, 1.807) is 17.6 Å². The third kappa shape index (κ3) is 3.50. The Balaban J connectivity index is 1.64. The van der Waals surface area contributed by atoms with Crippen molar-refractivity contribution in [2.45, 2.75) is 39.0 Å². The Kier molecular flexibility index (Phi) is 5.44. The van der Waals surface area contributed by atoms with Crippen molar-refractivity contribution in [2.75, 3.05) is 13.7 Å². The lowest BCUT2D eigenvalue weighted by molar-refractivity contribution is -0.172. The molecule has 2 aliphatic heterocycles. The average Bonchev–Trinajstić information content (AvgIpc) is 3.22. The molecule has 0 radical (unpaired) electrons. The third-order valence-electron chi connectivity index (χ3n) is 6.65. The number of rotatable bonds is 5. The maximum absolute atomic E-state index is 13.3. The van der Waals surface area contributed by atoms with Crippen LogP contribution in [0.4, 0.5) is 0 Å². The smallest absolute Gasteiger partial charge is 0.343 e. The van der Waals surface area contributed by atoms with Gasteiger partial charge in [-0.3, -0.25) is 4.79 Å². The van der Waals surface area contributed by atoms with Crippen LogP contribution in [0.15, 0.2) is 41.2 Å². The first-order valence-electron chi connectivity index (χ1n) is 11.5. The van der Waals surface area contributed by atoms with E-state index in [-0.39, 0.29) is 18.6 Å². The van der Waals surface area contributed by atoms with Gasteiger partial charge in [-0.2, -0.15) is 0 Å². The summed E-state index contributed by atoms with van der Waals surface area (Å²) < 4.78 is 11.5. The molecule has 9 nitrogen and oxygen atoms in total. The molecule has 1 aromatic carbocycles. The molecule has 3 aromatic rings. The van der Waals surface area contributed by atoms with Gasteiger partial charge in [0.2, 0.25) is 0 Å². The molecule has 4 heterocycles. The minimum Gasteiger partial charge on any atom is -0.466 e. The lowest BCUT2D eigenvalue weighted by Crippen LogP contribution is -2.44. The fourth-order valence-corrected chi connectivity index (χ4v) is 4.76. The zero-order valence-electron chi connectivity index (χ0n) is 19.7. The summed E-state index contributed by atoms with van der Waals surface area (Å²) in [6, 6.07) is 9.31. The standard InChI is InChI=1S/C26H25N3O6/c1-4-26(33)18-10-21-23-16(12-29(21)24(31)17(18)13-35-25(26)32)9-15-8-14(6-7-19(15)28-23)20(27-5-2)11-22(30)34-3/h6-11,27,33H,4-5,12-13H2,1-3H3/b20-11-/t26-/m0/s1. The number of hydrogen-bond acceptors (Lipinski definition) is 8. The topological polar surface area (TPSA) is 120 Å². The van der Waals surface area contributed by atoms with Crippen LogP contribution in [0.2, 0.25) is 0 Å². The minimum atomic E-state index is -1.86. The number of hydrogen-bond donors (Lipinski definition) is 2. The van der Waals surface area contributed by atoms with Gasteiger partial charge in [0.25, 0.3) is 5.56 Å². The quantitative estimate of drug-likeness (QED) is 0.333. The maximum atomic E-state index is 13.3. The van der Waals surface area contributed by atoms with Gasteiger partial charge in [0.05, 0.1) is 36.1 Å². The number of nitrogens with zero attached hydrogens (tertiary/aromatic N) is 2. The Morgan fingerprint density at radius 2 is 2.09 bits per heavy atom. The second-order valence-corrected chi connectivity index (χ2v) is 8.62. The average molecular weight is 476 g/mol. The normalized spacial score (nSPS) is 18.5. The highest BCUT2D eigenvalue weighted by Gasteiger charge is 2.45. The van der Waals surface area contributed by atoms with E-state index >= 15 is 0 Å². The molecule has 9 heteroatoms. The van der Waals surface area contributed by atoms with Crippen LogP contribution in [0, 0.1) is 0 Å². The highest BCUT2D eigenvalue weighted by atomic mass is 16.6. The molecule has 2 aliphatic rings. The van der Waals surface area contributed by atoms with Gasteiger partial charge in [-0.25, -0.2) is 14.6 Å². The highest BCUT2D eigenvalue weighted by molar-refractivity contribution is 5.93. The molecular formula is C26H25N3O6. The molecule has 0 spiro atoms. The molecule has 2 N–H and O–H groups in total. The fraction of sp³-hybridized carbons (Fsp3) is 0.308. The van der Waals surface area contributed by atoms with Gasteiger partial charge in [-0.15, -0.1) is 0 Å². The van der Waals surface area contributed by atoms with Crippen LogP contribution in [0.1, 0.15) is 42.5 Å². The van der Waals surface area contributed by atoms with Gasteiger partial charge in [0.1, 0.15) is 6.61 Å². The molecule has 0 saturated heterocycles. The zero-order chi connectivity index (χ0) is 24.9. The van der Waals surface area contributed by atoms with Crippen molar-refractivity contribution in [3.8, 4) is 11.4 Å². The Labute approximate surface area is 201 Å². The summed E-state index contributed by atoms with van der Waals surface area (Å²) in [5.74, 6) is -1.20. The van der Waals surface area contributed by atoms with Gasteiger partial charge in [-0.1, -0.05) is 13.0 Å². The van der Waals surface area contributed by atoms with Crippen LogP contribution in [0.25, 0.3) is 28.0 Å². The predicted octanol–water partition coefficient (Wildman–Crippen LogP) is 2.20. The Bertz CT molecular complexity index is 1490. The molecule has 1 atom stereocenters. The summed E-state index contributed by atoms with van der Waals surface area (Å²) in [6.45, 7) is 4.40. The van der Waals surface area contributed by atoms with Gasteiger partial charge in [0, 0.05) is 34.8 Å². The number of carbonyl (C=O) groups excluding carboxylic acids is 2. The first-order valence-corrected chi connectivity index (χ1v) is 11.5. The van der Waals surface area contributed by atoms with Crippen molar-refractivity contribution >= 4 is 28.5 Å². The lowest BCUT2D eigenvalue weighted by Gasteiger charge is -2.31. The van der Waals surface area contributed by atoms with Crippen molar-refractivity contribution in [1.29, 1.82) is 0 Å². The van der Waals surface area contributed by atoms with E-state index in [1.807, 2.05) is 31.2 Å². The molecule has 180 valence electrons. The summed E-state index contributed by atoms with van der Waals surface area (Å²) in [7, 11) is 1.33. The van der Waals surface area contributed by atoms with Crippen molar-refractivity contribution in [3.63, 3.8) is 0 Å². The zero-order valence-corrected chi connectivity index (χ0v) is 19.7. The number of aliphatic hydroxyl groups is 1. The van der Waals surface area contributed by atoms with Crippen LogP contribution in [-0.4, -0.2) is 40.3 Å². The van der Waals surface area contributed by atoms with Crippen molar-refractivity contribution in [3.05, 3.63) is 69.0 Å². The Hall–Kier alpha value is -3.98. The van der Waals surface area contributed by atoms with E-state index in [1.165, 1.54) is 13.2 Å². The fourth-order valence-electron chi connectivity index (χ4n) is 4.76. The number of methoxy groups -OCH3 is 1. The van der Waals surface area contributed by atoms with Gasteiger partial charge in [0.15, 0.2) is 5.60 Å². The number of nitrogens with one attached hydrogen (secondary N) is 1. The number of ether oxygens (including phenoxy) is 2. The van der Waals surface area contributed by atoms with Crippen LogP contribution in [0.5, 0.6) is 0 Å². The van der Waals surface area contributed by atoms with E-state index in [4.69, 9.17) is 14.5 Å². The largest absolute Gasteiger partial charge is 0.466 e. The molecule has 0 amide bonds. The second kappa shape index (κ2) is 8.35. The molecule has 0 bridgehead atoms. The summed E-state index contributed by atoms with van der Waals surface area (Å²) in [6.07, 6.45) is 1.50. The van der Waals surface area contributed by atoms with Crippen molar-refractivity contribution in [2.24, 2.45) is 0 Å². The summed E-state index contributed by atoms with van der Waals surface area (Å²) in [4.78, 5) is 42.2. The number of esters is 2. The monoisotopic (exact) mass is 475 g/mol. The number of fused-ring (bicyclic) bond motifs is 5. The van der Waals surface area contributed by atoms with E-state index in [2.05, 4.69) is 5.32 Å². The predicted molar refractivity (Wildman–Crippen MR) is 128 cm³/mol. The van der Waals surface area contributed by atoms with Gasteiger partial charge >= 0.3 is 11.9 Å². The molecule has 0 aliphatic carbocycles. The van der Waals surface area contributed by atoms with Gasteiger partial charge < -0.3 is 24.5 Å². The van der Waals surface area contributed by atoms with E-state index in [0.717, 1.165) is 16.5 Å². The van der Waals surface area contributed by atoms with Crippen LogP contribution in [-0.2, 0) is 37.8 Å². The van der Waals surface area contributed by atoms with Crippen molar-refractivity contribution in [1.82, 2.24) is 14.9 Å². The first kappa shape index (κ1) is 22.8. The van der Waals surface area contributed by atoms with Crippen molar-refractivity contribution < 1.29 is 24.2 Å². The van der Waals surface area contributed by atoms with Gasteiger partial charge in [-0.05, 0) is 43.2 Å². The molecule has 0 saturated carbocycles. The summed E-state index contributed by atoms with van der Waals surface area (Å²) in [5.41, 5.74) is 2.64. The van der Waals surface area contributed by atoms with Crippen LogP contribution < -0.4 is 10.9 Å². The third-order valence-corrected chi connectivity index (χ3v) is 6.65. The Morgan fingerprint density at radius 3 is 2.80 bits per heavy atom. The van der Waals surface area contributed by atoms with E-state index < -0.39 is 17.5 Å². The number of aromatic nitrogens is 2. The molecular weight excluding hydrogens is 450 g/mol. The molecule has 5 rings (SSSR count). The molecule has 0 unspecified atom stereocenters. The van der Waals surface area contributed by atoms with Crippen LogP contribution in [0.3, 0.4) is 0 Å². The molecule has 2 aromatic heterocycles.